The third kappa shape index (κ3) is 3.34. The molecule has 0 saturated heterocycles. The maximum Gasteiger partial charge on any atom is 0.244 e. The molecule has 0 unspecified atom stereocenters. The van der Waals surface area contributed by atoms with Gasteiger partial charge in [0, 0.05) is 5.69 Å². The molecule has 0 saturated carbocycles. The molecule has 7 heteroatoms. The molecule has 0 radical (unpaired) electrons. The number of nitrogens with one attached hydrogen (secondary N) is 1. The van der Waals surface area contributed by atoms with Crippen molar-refractivity contribution in [2.75, 3.05) is 19.5 Å². The van der Waals surface area contributed by atoms with E-state index < -0.39 is 15.6 Å². The standard InChI is InChI=1S/C11H18N2O4S/c1-11(2,7-14)13-18(15,16)10-6-8(12)4-5-9(10)17-3/h4-6,13-14H,7,12H2,1-3H3. The lowest BCUT2D eigenvalue weighted by atomic mass is 10.1. The zero-order valence-corrected chi connectivity index (χ0v) is 11.4. The Kier molecular flexibility index (Phi) is 4.20. The molecule has 0 amide bonds. The molecule has 4 N–H and O–H groups in total. The highest BCUT2D eigenvalue weighted by Gasteiger charge is 2.28. The Morgan fingerprint density at radius 3 is 2.56 bits per heavy atom. The fraction of sp³-hybridized carbons (Fsp3) is 0.455. The summed E-state index contributed by atoms with van der Waals surface area (Å²) < 4.78 is 31.7. The third-order valence-electron chi connectivity index (χ3n) is 2.28. The molecule has 0 bridgehead atoms. The normalized spacial score (nSPS) is 12.4. The van der Waals surface area contributed by atoms with Gasteiger partial charge in [0.05, 0.1) is 19.3 Å². The van der Waals surface area contributed by atoms with Gasteiger partial charge in [-0.2, -0.15) is 0 Å². The van der Waals surface area contributed by atoms with Gasteiger partial charge < -0.3 is 15.6 Å². The number of nitrogen functional groups attached to an aromatic ring is 1. The molecule has 0 atom stereocenters. The van der Waals surface area contributed by atoms with Gasteiger partial charge in [0.25, 0.3) is 0 Å². The van der Waals surface area contributed by atoms with Crippen LogP contribution in [0.3, 0.4) is 0 Å². The Hall–Kier alpha value is -1.31. The summed E-state index contributed by atoms with van der Waals surface area (Å²) >= 11 is 0. The second kappa shape index (κ2) is 5.13. The molecule has 0 aliphatic rings. The molecule has 0 aliphatic heterocycles. The summed E-state index contributed by atoms with van der Waals surface area (Å²) in [6.07, 6.45) is 0. The lowest BCUT2D eigenvalue weighted by Crippen LogP contribution is -2.46. The van der Waals surface area contributed by atoms with Crippen molar-refractivity contribution < 1.29 is 18.3 Å². The average molecular weight is 274 g/mol. The first-order valence-corrected chi connectivity index (χ1v) is 6.78. The summed E-state index contributed by atoms with van der Waals surface area (Å²) in [6.45, 7) is 2.82. The SMILES string of the molecule is COc1ccc(N)cc1S(=O)(=O)NC(C)(C)CO. The van der Waals surface area contributed by atoms with E-state index in [2.05, 4.69) is 4.72 Å². The van der Waals surface area contributed by atoms with Crippen molar-refractivity contribution in [1.82, 2.24) is 4.72 Å². The number of methoxy groups -OCH3 is 1. The maximum atomic E-state index is 12.2. The smallest absolute Gasteiger partial charge is 0.244 e. The second-order valence-electron chi connectivity index (χ2n) is 4.56. The van der Waals surface area contributed by atoms with Crippen LogP contribution in [0, 0.1) is 0 Å². The number of ether oxygens (including phenoxy) is 1. The van der Waals surface area contributed by atoms with E-state index in [4.69, 9.17) is 15.6 Å². The number of hydrogen-bond acceptors (Lipinski definition) is 5. The van der Waals surface area contributed by atoms with Crippen molar-refractivity contribution in [3.63, 3.8) is 0 Å². The van der Waals surface area contributed by atoms with Crippen LogP contribution in [0.15, 0.2) is 23.1 Å². The zero-order chi connectivity index (χ0) is 14.0. The van der Waals surface area contributed by atoms with Crippen molar-refractivity contribution >= 4 is 15.7 Å². The Balaban J connectivity index is 3.24. The molecule has 6 nitrogen and oxygen atoms in total. The number of sulfonamides is 1. The minimum absolute atomic E-state index is 0.0495. The van der Waals surface area contributed by atoms with E-state index in [0.717, 1.165) is 0 Å². The highest BCUT2D eigenvalue weighted by molar-refractivity contribution is 7.89. The van der Waals surface area contributed by atoms with Crippen LogP contribution in [0.4, 0.5) is 5.69 Å². The van der Waals surface area contributed by atoms with Crippen molar-refractivity contribution in [3.05, 3.63) is 18.2 Å². The molecule has 0 spiro atoms. The Labute approximate surface area is 107 Å². The quantitative estimate of drug-likeness (QED) is 0.671. The van der Waals surface area contributed by atoms with Crippen LogP contribution in [0.2, 0.25) is 0 Å². The van der Waals surface area contributed by atoms with Gasteiger partial charge in [-0.05, 0) is 32.0 Å². The number of nitrogens with two attached hydrogens (primary N) is 1. The highest BCUT2D eigenvalue weighted by atomic mass is 32.2. The van der Waals surface area contributed by atoms with Gasteiger partial charge in [0.15, 0.2) is 0 Å². The van der Waals surface area contributed by atoms with Crippen LogP contribution in [0.5, 0.6) is 5.75 Å². The minimum Gasteiger partial charge on any atom is -0.495 e. The minimum atomic E-state index is -3.81. The number of anilines is 1. The lowest BCUT2D eigenvalue weighted by molar-refractivity contribution is 0.208. The van der Waals surface area contributed by atoms with Crippen LogP contribution in [-0.4, -0.2) is 32.8 Å². The predicted octanol–water partition coefficient (Wildman–Crippen LogP) is 0.327. The Bertz CT molecular complexity index is 526. The predicted molar refractivity (Wildman–Crippen MR) is 68.9 cm³/mol. The summed E-state index contributed by atoms with van der Waals surface area (Å²) in [5, 5.41) is 9.10. The van der Waals surface area contributed by atoms with Gasteiger partial charge >= 0.3 is 0 Å². The van der Waals surface area contributed by atoms with Crippen molar-refractivity contribution in [3.8, 4) is 5.75 Å². The molecule has 18 heavy (non-hydrogen) atoms. The van der Waals surface area contributed by atoms with Crippen LogP contribution in [-0.2, 0) is 10.0 Å². The summed E-state index contributed by atoms with van der Waals surface area (Å²) in [5.41, 5.74) is 4.93. The van der Waals surface area contributed by atoms with Crippen LogP contribution in [0.25, 0.3) is 0 Å². The van der Waals surface area contributed by atoms with E-state index in [-0.39, 0.29) is 17.3 Å². The van der Waals surface area contributed by atoms with Crippen molar-refractivity contribution in [2.24, 2.45) is 0 Å². The van der Waals surface area contributed by atoms with Gasteiger partial charge in [-0.1, -0.05) is 0 Å². The van der Waals surface area contributed by atoms with E-state index in [1.165, 1.54) is 19.2 Å². The van der Waals surface area contributed by atoms with E-state index in [1.807, 2.05) is 0 Å². The second-order valence-corrected chi connectivity index (χ2v) is 6.21. The molecule has 0 aliphatic carbocycles. The fourth-order valence-electron chi connectivity index (χ4n) is 1.35. The summed E-state index contributed by atoms with van der Waals surface area (Å²) in [6, 6.07) is 4.35. The molecule has 1 aromatic rings. The van der Waals surface area contributed by atoms with E-state index >= 15 is 0 Å². The van der Waals surface area contributed by atoms with E-state index in [9.17, 15) is 8.42 Å². The Morgan fingerprint density at radius 1 is 1.44 bits per heavy atom. The first kappa shape index (κ1) is 14.7. The first-order valence-electron chi connectivity index (χ1n) is 5.30. The van der Waals surface area contributed by atoms with Crippen LogP contribution < -0.4 is 15.2 Å². The van der Waals surface area contributed by atoms with E-state index in [1.54, 1.807) is 19.9 Å². The zero-order valence-electron chi connectivity index (χ0n) is 10.6. The third-order valence-corrected chi connectivity index (χ3v) is 4.00. The lowest BCUT2D eigenvalue weighted by Gasteiger charge is -2.23. The monoisotopic (exact) mass is 274 g/mol. The number of hydrogen-bond donors (Lipinski definition) is 3. The van der Waals surface area contributed by atoms with Gasteiger partial charge in [0.2, 0.25) is 10.0 Å². The van der Waals surface area contributed by atoms with Gasteiger partial charge in [-0.25, -0.2) is 13.1 Å². The number of aliphatic hydroxyl groups excluding tert-OH is 1. The van der Waals surface area contributed by atoms with Gasteiger partial charge in [0.1, 0.15) is 10.6 Å². The molecular formula is C11H18N2O4S. The molecule has 1 aromatic carbocycles. The maximum absolute atomic E-state index is 12.2. The molecular weight excluding hydrogens is 256 g/mol. The van der Waals surface area contributed by atoms with Crippen molar-refractivity contribution in [1.29, 1.82) is 0 Å². The molecule has 1 rings (SSSR count). The van der Waals surface area contributed by atoms with Crippen LogP contribution in [0.1, 0.15) is 13.8 Å². The van der Waals surface area contributed by atoms with Crippen LogP contribution >= 0.6 is 0 Å². The Morgan fingerprint density at radius 2 is 2.06 bits per heavy atom. The van der Waals surface area contributed by atoms with Gasteiger partial charge in [-0.3, -0.25) is 0 Å². The number of aliphatic hydroxyl groups is 1. The largest absolute Gasteiger partial charge is 0.495 e. The summed E-state index contributed by atoms with van der Waals surface area (Å²) in [5.74, 6) is 0.199. The summed E-state index contributed by atoms with van der Waals surface area (Å²) in [7, 11) is -2.43. The highest BCUT2D eigenvalue weighted by Crippen LogP contribution is 2.26. The molecule has 0 aromatic heterocycles. The molecule has 0 heterocycles. The average Bonchev–Trinajstić information content (AvgIpc) is 2.28. The van der Waals surface area contributed by atoms with Crippen molar-refractivity contribution in [2.45, 2.75) is 24.3 Å². The van der Waals surface area contributed by atoms with E-state index in [0.29, 0.717) is 5.69 Å². The summed E-state index contributed by atoms with van der Waals surface area (Å²) in [4.78, 5) is -0.0495. The number of rotatable bonds is 5. The first-order chi connectivity index (χ1) is 8.22. The number of benzene rings is 1. The topological polar surface area (TPSA) is 102 Å². The molecule has 102 valence electrons. The fourth-order valence-corrected chi connectivity index (χ4v) is 2.96. The van der Waals surface area contributed by atoms with Gasteiger partial charge in [-0.15, -0.1) is 0 Å². The molecule has 0 fully saturated rings.